The third-order valence-electron chi connectivity index (χ3n) is 3.58. The molecule has 0 atom stereocenters. The quantitative estimate of drug-likeness (QED) is 0.851. The van der Waals surface area contributed by atoms with Crippen molar-refractivity contribution in [3.8, 4) is 0 Å². The van der Waals surface area contributed by atoms with Gasteiger partial charge in [-0.2, -0.15) is 13.2 Å². The third kappa shape index (κ3) is 4.50. The summed E-state index contributed by atoms with van der Waals surface area (Å²) in [6.45, 7) is 5.84. The smallest absolute Gasteiger partial charge is 0.376 e. The van der Waals surface area contributed by atoms with Gasteiger partial charge < -0.3 is 10.6 Å². The zero-order valence-corrected chi connectivity index (χ0v) is 13.7. The highest BCUT2D eigenvalue weighted by Gasteiger charge is 2.30. The number of amides is 1. The summed E-state index contributed by atoms with van der Waals surface area (Å²) in [4.78, 5) is 12.0. The number of hydrogen-bond donors (Lipinski definition) is 2. The number of hydrogen-bond acceptors (Lipinski definition) is 2. The molecule has 2 aromatic carbocycles. The van der Waals surface area contributed by atoms with Gasteiger partial charge in [0.1, 0.15) is 0 Å². The Bertz CT molecular complexity index is 731. The summed E-state index contributed by atoms with van der Waals surface area (Å²) in [5, 5.41) is 5.51. The van der Waals surface area contributed by atoms with Crippen LogP contribution in [-0.2, 0) is 11.0 Å². The van der Waals surface area contributed by atoms with Crippen LogP contribution < -0.4 is 10.6 Å². The fourth-order valence-electron chi connectivity index (χ4n) is 2.61. The highest BCUT2D eigenvalue weighted by Crippen LogP contribution is 2.30. The molecule has 0 aliphatic carbocycles. The second-order valence-electron chi connectivity index (χ2n) is 5.75. The molecule has 0 saturated heterocycles. The maximum atomic E-state index is 12.7. The highest BCUT2D eigenvalue weighted by atomic mass is 19.4. The zero-order valence-electron chi connectivity index (χ0n) is 13.7. The minimum atomic E-state index is -4.44. The van der Waals surface area contributed by atoms with Gasteiger partial charge in [0.2, 0.25) is 5.91 Å². The largest absolute Gasteiger partial charge is 0.416 e. The number of nitrogens with one attached hydrogen (secondary N) is 2. The predicted molar refractivity (Wildman–Crippen MR) is 89.2 cm³/mol. The molecule has 2 rings (SSSR count). The molecule has 2 N–H and O–H groups in total. The normalized spacial score (nSPS) is 11.2. The van der Waals surface area contributed by atoms with Crippen LogP contribution in [0.1, 0.15) is 22.3 Å². The molecule has 6 heteroatoms. The van der Waals surface area contributed by atoms with Gasteiger partial charge in [0.25, 0.3) is 0 Å². The number of benzene rings is 2. The molecule has 0 spiro atoms. The fourth-order valence-corrected chi connectivity index (χ4v) is 2.61. The van der Waals surface area contributed by atoms with E-state index in [1.807, 2.05) is 32.9 Å². The molecule has 128 valence electrons. The predicted octanol–water partition coefficient (Wildman–Crippen LogP) is 4.68. The number of anilines is 2. The number of carbonyl (C=O) groups excluding carboxylic acids is 1. The van der Waals surface area contributed by atoms with Crippen LogP contribution in [0, 0.1) is 20.8 Å². The highest BCUT2D eigenvalue weighted by molar-refractivity contribution is 5.94. The number of alkyl halides is 3. The maximum absolute atomic E-state index is 12.7. The van der Waals surface area contributed by atoms with Gasteiger partial charge in [0.15, 0.2) is 0 Å². The number of rotatable bonds is 4. The molecular formula is C18H19F3N2O. The van der Waals surface area contributed by atoms with Gasteiger partial charge >= 0.3 is 6.18 Å². The van der Waals surface area contributed by atoms with Crippen molar-refractivity contribution in [1.29, 1.82) is 0 Å². The molecule has 0 heterocycles. The van der Waals surface area contributed by atoms with Crippen LogP contribution >= 0.6 is 0 Å². The molecule has 24 heavy (non-hydrogen) atoms. The average molecular weight is 336 g/mol. The first-order chi connectivity index (χ1) is 11.2. The van der Waals surface area contributed by atoms with Crippen molar-refractivity contribution in [3.63, 3.8) is 0 Å². The van der Waals surface area contributed by atoms with Gasteiger partial charge in [-0.25, -0.2) is 0 Å². The first-order valence-electron chi connectivity index (χ1n) is 7.45. The maximum Gasteiger partial charge on any atom is 0.416 e. The van der Waals surface area contributed by atoms with Gasteiger partial charge in [0, 0.05) is 11.4 Å². The van der Waals surface area contributed by atoms with Gasteiger partial charge in [-0.15, -0.1) is 0 Å². The van der Waals surface area contributed by atoms with Crippen LogP contribution in [0.25, 0.3) is 0 Å². The minimum Gasteiger partial charge on any atom is -0.376 e. The van der Waals surface area contributed by atoms with Crippen molar-refractivity contribution < 1.29 is 18.0 Å². The second-order valence-corrected chi connectivity index (χ2v) is 5.75. The molecule has 0 aliphatic rings. The van der Waals surface area contributed by atoms with Crippen LogP contribution in [-0.4, -0.2) is 12.5 Å². The van der Waals surface area contributed by atoms with Gasteiger partial charge in [-0.3, -0.25) is 4.79 Å². The summed E-state index contributed by atoms with van der Waals surface area (Å²) in [6.07, 6.45) is -4.44. The van der Waals surface area contributed by atoms with Crippen molar-refractivity contribution in [2.75, 3.05) is 17.2 Å². The standard InChI is InChI=1S/C18H19F3N2O/c1-11-7-12(2)17(13(3)8-11)22-10-16(24)23-15-6-4-5-14(9-15)18(19,20)21/h4-9,22H,10H2,1-3H3,(H,23,24). The lowest BCUT2D eigenvalue weighted by molar-refractivity contribution is -0.137. The Morgan fingerprint density at radius 2 is 1.67 bits per heavy atom. The first kappa shape index (κ1) is 17.8. The van der Waals surface area contributed by atoms with Crippen LogP contribution in [0.5, 0.6) is 0 Å². The van der Waals surface area contributed by atoms with Crippen LogP contribution in [0.2, 0.25) is 0 Å². The van der Waals surface area contributed by atoms with Crippen molar-refractivity contribution in [1.82, 2.24) is 0 Å². The Morgan fingerprint density at radius 3 is 2.25 bits per heavy atom. The van der Waals surface area contributed by atoms with E-state index in [2.05, 4.69) is 10.6 Å². The number of carbonyl (C=O) groups is 1. The lowest BCUT2D eigenvalue weighted by Crippen LogP contribution is -2.22. The van der Waals surface area contributed by atoms with E-state index in [0.29, 0.717) is 0 Å². The SMILES string of the molecule is Cc1cc(C)c(NCC(=O)Nc2cccc(C(F)(F)F)c2)c(C)c1. The summed E-state index contributed by atoms with van der Waals surface area (Å²) in [5.74, 6) is -0.409. The molecule has 0 fully saturated rings. The van der Waals surface area contributed by atoms with E-state index < -0.39 is 17.6 Å². The topological polar surface area (TPSA) is 41.1 Å². The van der Waals surface area contributed by atoms with Crippen molar-refractivity contribution in [2.45, 2.75) is 26.9 Å². The molecule has 3 nitrogen and oxygen atoms in total. The summed E-state index contributed by atoms with van der Waals surface area (Å²) in [6, 6.07) is 8.57. The van der Waals surface area contributed by atoms with E-state index in [1.54, 1.807) is 0 Å². The lowest BCUT2D eigenvalue weighted by Gasteiger charge is -2.14. The molecule has 2 aromatic rings. The molecule has 0 unspecified atom stereocenters. The summed E-state index contributed by atoms with van der Waals surface area (Å²) in [5.41, 5.74) is 3.34. The van der Waals surface area contributed by atoms with Crippen LogP contribution in [0.15, 0.2) is 36.4 Å². The van der Waals surface area contributed by atoms with Crippen molar-refractivity contribution >= 4 is 17.3 Å². The molecular weight excluding hydrogens is 317 g/mol. The molecule has 0 bridgehead atoms. The molecule has 1 amide bonds. The molecule has 0 radical (unpaired) electrons. The summed E-state index contributed by atoms with van der Waals surface area (Å²) >= 11 is 0. The van der Waals surface area contributed by atoms with Gasteiger partial charge in [-0.1, -0.05) is 23.8 Å². The first-order valence-corrected chi connectivity index (χ1v) is 7.45. The van der Waals surface area contributed by atoms with E-state index in [0.717, 1.165) is 34.5 Å². The number of halogens is 3. The minimum absolute atomic E-state index is 0.0268. The van der Waals surface area contributed by atoms with E-state index in [-0.39, 0.29) is 12.2 Å². The Morgan fingerprint density at radius 1 is 1.04 bits per heavy atom. The molecule has 0 saturated carbocycles. The zero-order chi connectivity index (χ0) is 17.9. The second kappa shape index (κ2) is 6.95. The summed E-state index contributed by atoms with van der Waals surface area (Å²) < 4.78 is 38.0. The molecule has 0 aliphatic heterocycles. The Labute approximate surface area is 138 Å². The van der Waals surface area contributed by atoms with E-state index in [9.17, 15) is 18.0 Å². The Balaban J connectivity index is 2.02. The van der Waals surface area contributed by atoms with Crippen LogP contribution in [0.4, 0.5) is 24.5 Å². The Hall–Kier alpha value is -2.50. The lowest BCUT2D eigenvalue weighted by atomic mass is 10.1. The van der Waals surface area contributed by atoms with Crippen molar-refractivity contribution in [3.05, 3.63) is 58.7 Å². The van der Waals surface area contributed by atoms with Gasteiger partial charge in [-0.05, 0) is 50.1 Å². The van der Waals surface area contributed by atoms with E-state index in [4.69, 9.17) is 0 Å². The summed E-state index contributed by atoms with van der Waals surface area (Å²) in [7, 11) is 0. The fraction of sp³-hybridized carbons (Fsp3) is 0.278. The van der Waals surface area contributed by atoms with E-state index >= 15 is 0 Å². The number of aryl methyl sites for hydroxylation is 3. The van der Waals surface area contributed by atoms with Crippen molar-refractivity contribution in [2.24, 2.45) is 0 Å². The monoisotopic (exact) mass is 336 g/mol. The average Bonchev–Trinajstić information content (AvgIpc) is 2.45. The molecule has 0 aromatic heterocycles. The Kier molecular flexibility index (Phi) is 5.17. The van der Waals surface area contributed by atoms with Crippen LogP contribution in [0.3, 0.4) is 0 Å². The third-order valence-corrected chi connectivity index (χ3v) is 3.58. The van der Waals surface area contributed by atoms with Gasteiger partial charge in [0.05, 0.1) is 12.1 Å². The van der Waals surface area contributed by atoms with E-state index in [1.165, 1.54) is 12.1 Å².